The fraction of sp³-hybridized carbons (Fsp3) is 0.0909. The van der Waals surface area contributed by atoms with Gasteiger partial charge >= 0.3 is 0 Å². The summed E-state index contributed by atoms with van der Waals surface area (Å²) in [5.41, 5.74) is 3.87. The zero-order valence-electron chi connectivity index (χ0n) is 15.3. The Bertz CT molecular complexity index is 1100. The minimum absolute atomic E-state index is 0.262. The van der Waals surface area contributed by atoms with E-state index in [1.54, 1.807) is 24.3 Å². The molecule has 2 aromatic carbocycles. The number of carbonyl (C=O) groups is 2. The maximum Gasteiger partial charge on any atom is 0.282 e. The number of hydrogen-bond donors (Lipinski definition) is 1. The average molecular weight is 409 g/mol. The van der Waals surface area contributed by atoms with Crippen LogP contribution in [0, 0.1) is 13.8 Å². The summed E-state index contributed by atoms with van der Waals surface area (Å²) in [6.45, 7) is 3.88. The van der Waals surface area contributed by atoms with Gasteiger partial charge in [0.05, 0.1) is 11.3 Å². The monoisotopic (exact) mass is 408 g/mol. The number of anilines is 2. The standard InChI is InChI=1S/C22H17ClN2O2S/c1-13-5-9-16(10-6-13)25-21(26)19(18-4-3-11-28-18)20(22(25)27)24-17-12-15(23)8-7-14(17)2/h3-12,24H,1-2H3. The topological polar surface area (TPSA) is 49.4 Å². The first-order valence-electron chi connectivity index (χ1n) is 8.72. The molecule has 1 aliphatic heterocycles. The van der Waals surface area contributed by atoms with E-state index in [4.69, 9.17) is 11.6 Å². The maximum atomic E-state index is 13.3. The molecular formula is C22H17ClN2O2S. The molecule has 0 bridgehead atoms. The fourth-order valence-electron chi connectivity index (χ4n) is 3.09. The van der Waals surface area contributed by atoms with Crippen LogP contribution < -0.4 is 10.2 Å². The third-order valence-electron chi connectivity index (χ3n) is 4.60. The molecule has 6 heteroatoms. The van der Waals surface area contributed by atoms with Crippen molar-refractivity contribution in [1.82, 2.24) is 0 Å². The predicted octanol–water partition coefficient (Wildman–Crippen LogP) is 5.41. The second-order valence-corrected chi connectivity index (χ2v) is 7.98. The first kappa shape index (κ1) is 18.5. The Kier molecular flexibility index (Phi) is 4.79. The largest absolute Gasteiger partial charge is 0.350 e. The summed E-state index contributed by atoms with van der Waals surface area (Å²) in [6.07, 6.45) is 0. The van der Waals surface area contributed by atoms with Crippen LogP contribution in [-0.4, -0.2) is 11.8 Å². The molecular weight excluding hydrogens is 392 g/mol. The smallest absolute Gasteiger partial charge is 0.282 e. The summed E-state index contributed by atoms with van der Waals surface area (Å²) in [4.78, 5) is 28.5. The molecule has 4 rings (SSSR count). The zero-order valence-corrected chi connectivity index (χ0v) is 16.9. The van der Waals surface area contributed by atoms with Crippen molar-refractivity contribution in [3.05, 3.63) is 86.7 Å². The van der Waals surface area contributed by atoms with E-state index in [2.05, 4.69) is 5.32 Å². The van der Waals surface area contributed by atoms with Crippen LogP contribution in [0.15, 0.2) is 65.7 Å². The van der Waals surface area contributed by atoms with Crippen LogP contribution in [0.4, 0.5) is 11.4 Å². The highest BCUT2D eigenvalue weighted by Crippen LogP contribution is 2.36. The molecule has 0 saturated carbocycles. The minimum Gasteiger partial charge on any atom is -0.350 e. The van der Waals surface area contributed by atoms with Crippen molar-refractivity contribution in [2.45, 2.75) is 13.8 Å². The number of rotatable bonds is 4. The molecule has 140 valence electrons. The van der Waals surface area contributed by atoms with Gasteiger partial charge in [0.25, 0.3) is 11.8 Å². The van der Waals surface area contributed by atoms with Crippen LogP contribution >= 0.6 is 22.9 Å². The number of nitrogens with one attached hydrogen (secondary N) is 1. The summed E-state index contributed by atoms with van der Waals surface area (Å²) in [5, 5.41) is 5.61. The van der Waals surface area contributed by atoms with E-state index in [9.17, 15) is 9.59 Å². The molecule has 1 aliphatic rings. The molecule has 3 aromatic rings. The van der Waals surface area contributed by atoms with E-state index < -0.39 is 0 Å². The van der Waals surface area contributed by atoms with Gasteiger partial charge in [0.15, 0.2) is 0 Å². The van der Waals surface area contributed by atoms with Crippen molar-refractivity contribution in [3.63, 3.8) is 0 Å². The second kappa shape index (κ2) is 7.26. The summed E-state index contributed by atoms with van der Waals surface area (Å²) < 4.78 is 0. The molecule has 0 spiro atoms. The number of hydrogen-bond acceptors (Lipinski definition) is 4. The number of aryl methyl sites for hydroxylation is 2. The third kappa shape index (κ3) is 3.23. The average Bonchev–Trinajstić information content (AvgIpc) is 3.27. The number of thiophene rings is 1. The highest BCUT2D eigenvalue weighted by atomic mass is 35.5. The molecule has 0 atom stereocenters. The Morgan fingerprint density at radius 2 is 1.71 bits per heavy atom. The normalized spacial score (nSPS) is 14.2. The third-order valence-corrected chi connectivity index (χ3v) is 5.73. The molecule has 0 aliphatic carbocycles. The molecule has 4 nitrogen and oxygen atoms in total. The van der Waals surface area contributed by atoms with Crippen LogP contribution in [0.5, 0.6) is 0 Å². The first-order valence-corrected chi connectivity index (χ1v) is 9.98. The summed E-state index contributed by atoms with van der Waals surface area (Å²) in [7, 11) is 0. The van der Waals surface area contributed by atoms with Gasteiger partial charge in [-0.15, -0.1) is 11.3 Å². The molecule has 0 radical (unpaired) electrons. The second-order valence-electron chi connectivity index (χ2n) is 6.59. The van der Waals surface area contributed by atoms with Gasteiger partial charge in [-0.2, -0.15) is 0 Å². The quantitative estimate of drug-likeness (QED) is 0.587. The van der Waals surface area contributed by atoms with Crippen molar-refractivity contribution in [1.29, 1.82) is 0 Å². The Morgan fingerprint density at radius 3 is 2.39 bits per heavy atom. The Morgan fingerprint density at radius 1 is 0.964 bits per heavy atom. The van der Waals surface area contributed by atoms with Crippen LogP contribution in [-0.2, 0) is 9.59 Å². The highest BCUT2D eigenvalue weighted by Gasteiger charge is 2.40. The summed E-state index contributed by atoms with van der Waals surface area (Å²) >= 11 is 7.55. The van der Waals surface area contributed by atoms with Gasteiger partial charge in [0, 0.05) is 15.6 Å². The van der Waals surface area contributed by atoms with E-state index >= 15 is 0 Å². The lowest BCUT2D eigenvalue weighted by atomic mass is 10.1. The van der Waals surface area contributed by atoms with Crippen LogP contribution in [0.2, 0.25) is 5.02 Å². The summed E-state index contributed by atoms with van der Waals surface area (Å²) in [6, 6.07) is 16.4. The highest BCUT2D eigenvalue weighted by molar-refractivity contribution is 7.11. The molecule has 1 N–H and O–H groups in total. The van der Waals surface area contributed by atoms with Crippen molar-refractivity contribution in [2.24, 2.45) is 0 Å². The number of benzene rings is 2. The lowest BCUT2D eigenvalue weighted by molar-refractivity contribution is -0.120. The van der Waals surface area contributed by atoms with Crippen LogP contribution in [0.25, 0.3) is 5.57 Å². The van der Waals surface area contributed by atoms with Crippen molar-refractivity contribution < 1.29 is 9.59 Å². The lowest BCUT2D eigenvalue weighted by Gasteiger charge is -2.16. The van der Waals surface area contributed by atoms with Crippen LogP contribution in [0.3, 0.4) is 0 Å². The van der Waals surface area contributed by atoms with E-state index in [0.29, 0.717) is 22.0 Å². The number of nitrogens with zero attached hydrogens (tertiary/aromatic N) is 1. The van der Waals surface area contributed by atoms with Crippen molar-refractivity contribution in [2.75, 3.05) is 10.2 Å². The van der Waals surface area contributed by atoms with E-state index in [-0.39, 0.29) is 17.5 Å². The van der Waals surface area contributed by atoms with Gasteiger partial charge in [-0.05, 0) is 55.1 Å². The van der Waals surface area contributed by atoms with Gasteiger partial charge in [-0.25, -0.2) is 4.90 Å². The SMILES string of the molecule is Cc1ccc(N2C(=O)C(Nc3cc(Cl)ccc3C)=C(c3cccs3)C2=O)cc1. The molecule has 0 saturated heterocycles. The van der Waals surface area contributed by atoms with Gasteiger partial charge in [-0.1, -0.05) is 41.4 Å². The maximum absolute atomic E-state index is 13.3. The summed E-state index contributed by atoms with van der Waals surface area (Å²) in [5.74, 6) is -0.713. The molecule has 1 aromatic heterocycles. The van der Waals surface area contributed by atoms with Crippen molar-refractivity contribution >= 4 is 51.7 Å². The van der Waals surface area contributed by atoms with Crippen LogP contribution in [0.1, 0.15) is 16.0 Å². The number of amides is 2. The molecule has 0 unspecified atom stereocenters. The lowest BCUT2D eigenvalue weighted by Crippen LogP contribution is -2.32. The molecule has 0 fully saturated rings. The van der Waals surface area contributed by atoms with Gasteiger partial charge < -0.3 is 5.32 Å². The molecule has 2 heterocycles. The Balaban J connectivity index is 1.81. The minimum atomic E-state index is -0.378. The first-order chi connectivity index (χ1) is 13.5. The predicted molar refractivity (Wildman–Crippen MR) is 115 cm³/mol. The fourth-order valence-corrected chi connectivity index (χ4v) is 4.03. The van der Waals surface area contributed by atoms with Crippen molar-refractivity contribution in [3.8, 4) is 0 Å². The Labute approximate surface area is 172 Å². The van der Waals surface area contributed by atoms with E-state index in [0.717, 1.165) is 16.0 Å². The Hall–Kier alpha value is -2.89. The molecule has 2 amide bonds. The van der Waals surface area contributed by atoms with Gasteiger partial charge in [0.1, 0.15) is 5.70 Å². The van der Waals surface area contributed by atoms with Gasteiger partial charge in [0.2, 0.25) is 0 Å². The molecule has 28 heavy (non-hydrogen) atoms. The number of carbonyl (C=O) groups excluding carboxylic acids is 2. The van der Waals surface area contributed by atoms with Gasteiger partial charge in [-0.3, -0.25) is 9.59 Å². The zero-order chi connectivity index (χ0) is 19.8. The van der Waals surface area contributed by atoms with E-state index in [1.807, 2.05) is 49.6 Å². The van der Waals surface area contributed by atoms with E-state index in [1.165, 1.54) is 16.2 Å². The number of imide groups is 1. The number of halogens is 1.